The minimum atomic E-state index is -0.0501. The molecule has 7 rings (SSSR count). The van der Waals surface area contributed by atoms with Crippen molar-refractivity contribution in [1.82, 2.24) is 0 Å². The Labute approximate surface area is 338 Å². The Hall–Kier alpha value is -6.11. The molecule has 0 saturated heterocycles. The van der Waals surface area contributed by atoms with Gasteiger partial charge in [-0.05, 0) is 47.6 Å². The van der Waals surface area contributed by atoms with Gasteiger partial charge in [0.15, 0.2) is 0 Å². The lowest BCUT2D eigenvalue weighted by atomic mass is 9.69. The molecule has 3 N–H and O–H groups in total. The van der Waals surface area contributed by atoms with Crippen molar-refractivity contribution in [2.45, 2.75) is 79.1 Å². The third-order valence-electron chi connectivity index (χ3n) is 11.6. The molecule has 0 bridgehead atoms. The number of nitrogens with two attached hydrogens (primary N) is 1. The number of fused-ring (bicyclic) bond motifs is 4. The number of anilines is 2. The number of hydrogen-bond donors (Lipinski definition) is 2. The standard InChI is InChI=1S/C51H53N5O/c1-6-10-29-55(30-11-7-2)49-37-24-17-14-21-34(37)43(35-22-15-18-25-38(35)49)47-46(42(33-52)54-5)48(51(47)57)45-36-23-16-19-26-39(36)50(40-27-20-28-41(53)44(40)45)56(31-12-8-3)32-13-9-4/h14-28H,6-13,29-32,53H2,1-4H3/p+1/b46-42+. The van der Waals surface area contributed by atoms with Gasteiger partial charge in [-0.15, -0.1) is 0 Å². The van der Waals surface area contributed by atoms with E-state index in [1.807, 2.05) is 30.3 Å². The first kappa shape index (κ1) is 39.1. The molecule has 6 nitrogen and oxygen atoms in total. The number of nitriles is 1. The summed E-state index contributed by atoms with van der Waals surface area (Å²) < 4.78 is 2.54. The van der Waals surface area contributed by atoms with Crippen LogP contribution in [-0.4, -0.2) is 41.6 Å². The fraction of sp³-hybridized carbons (Fsp3) is 0.314. The molecule has 5 aromatic rings. The average Bonchev–Trinajstić information content (AvgIpc) is 3.24. The highest BCUT2D eigenvalue weighted by molar-refractivity contribution is 6.26. The van der Waals surface area contributed by atoms with Crippen LogP contribution < -0.4 is 10.6 Å². The van der Waals surface area contributed by atoms with Crippen molar-refractivity contribution in [3.8, 4) is 6.07 Å². The van der Waals surface area contributed by atoms with Crippen LogP contribution in [0.3, 0.4) is 0 Å². The summed E-state index contributed by atoms with van der Waals surface area (Å²) in [4.78, 5) is 6.35. The fourth-order valence-corrected chi connectivity index (χ4v) is 8.90. The van der Waals surface area contributed by atoms with Crippen LogP contribution in [0.25, 0.3) is 37.5 Å². The highest BCUT2D eigenvalue weighted by atomic mass is 16.3. The number of allylic oxidation sites excluding steroid dienone is 3. The molecule has 0 amide bonds. The first-order chi connectivity index (χ1) is 27.9. The quantitative estimate of drug-likeness (QED) is 0.0382. The Morgan fingerprint density at radius 1 is 0.684 bits per heavy atom. The molecule has 0 fully saturated rings. The Balaban J connectivity index is 1.60. The number of unbranched alkanes of at least 4 members (excludes halogenated alkanes) is 4. The molecule has 0 saturated carbocycles. The molecule has 288 valence electrons. The topological polar surface area (TPSA) is 80.7 Å². The zero-order chi connectivity index (χ0) is 40.1. The molecule has 0 aromatic heterocycles. The Morgan fingerprint density at radius 3 is 1.75 bits per heavy atom. The first-order valence-corrected chi connectivity index (χ1v) is 20.9. The third kappa shape index (κ3) is 6.89. The fourth-order valence-electron chi connectivity index (χ4n) is 8.90. The number of hydrogen-bond acceptors (Lipinski definition) is 4. The molecule has 0 heterocycles. The Kier molecular flexibility index (Phi) is 11.9. The summed E-state index contributed by atoms with van der Waals surface area (Å²) in [5.41, 5.74) is 17.1. The average molecular weight is 753 g/mol. The van der Waals surface area contributed by atoms with Crippen molar-refractivity contribution in [3.63, 3.8) is 0 Å². The van der Waals surface area contributed by atoms with E-state index in [-0.39, 0.29) is 11.5 Å². The lowest BCUT2D eigenvalue weighted by Gasteiger charge is -2.35. The number of aliphatic hydroxyl groups excluding tert-OH is 1. The molecule has 5 aromatic carbocycles. The summed E-state index contributed by atoms with van der Waals surface area (Å²) in [6, 6.07) is 33.5. The number of nitrogens with zero attached hydrogens (tertiary/aromatic N) is 4. The van der Waals surface area contributed by atoms with Crippen molar-refractivity contribution < 1.29 is 9.68 Å². The lowest BCUT2D eigenvalue weighted by Crippen LogP contribution is -2.30. The van der Waals surface area contributed by atoms with Gasteiger partial charge in [0, 0.05) is 75.6 Å². The number of aliphatic hydroxyl groups is 1. The van der Waals surface area contributed by atoms with E-state index >= 15 is 0 Å². The van der Waals surface area contributed by atoms with Gasteiger partial charge in [-0.25, -0.2) is 14.7 Å². The summed E-state index contributed by atoms with van der Waals surface area (Å²) in [5.74, 6) is 0.0783. The Morgan fingerprint density at radius 2 is 1.21 bits per heavy atom. The van der Waals surface area contributed by atoms with E-state index in [0.29, 0.717) is 22.4 Å². The second-order valence-corrected chi connectivity index (χ2v) is 15.3. The minimum absolute atomic E-state index is 0.0501. The van der Waals surface area contributed by atoms with Crippen LogP contribution in [0.2, 0.25) is 0 Å². The summed E-state index contributed by atoms with van der Waals surface area (Å²) >= 11 is 0. The number of benzene rings is 5. The smallest absolute Gasteiger partial charge is 0.270 e. The molecule has 57 heavy (non-hydrogen) atoms. The van der Waals surface area contributed by atoms with Crippen molar-refractivity contribution in [3.05, 3.63) is 153 Å². The van der Waals surface area contributed by atoms with Gasteiger partial charge < -0.3 is 15.7 Å². The van der Waals surface area contributed by atoms with Crippen LogP contribution >= 0.6 is 0 Å². The van der Waals surface area contributed by atoms with Gasteiger partial charge in [-0.2, -0.15) is 0 Å². The van der Waals surface area contributed by atoms with E-state index in [2.05, 4.69) is 109 Å². The first-order valence-electron chi connectivity index (χ1n) is 20.9. The predicted octanol–water partition coefficient (Wildman–Crippen LogP) is 12.2. The lowest BCUT2D eigenvalue weighted by molar-refractivity contribution is -0.528. The van der Waals surface area contributed by atoms with Gasteiger partial charge >= 0.3 is 0 Å². The highest BCUT2D eigenvalue weighted by Gasteiger charge is 2.42. The van der Waals surface area contributed by atoms with Crippen molar-refractivity contribution in [2.24, 2.45) is 0 Å². The molecule has 6 heteroatoms. The largest absolute Gasteiger partial charge is 0.507 e. The maximum absolute atomic E-state index is 12.8. The van der Waals surface area contributed by atoms with E-state index in [1.165, 1.54) is 5.71 Å². The van der Waals surface area contributed by atoms with Crippen molar-refractivity contribution in [1.29, 1.82) is 5.26 Å². The van der Waals surface area contributed by atoms with Gasteiger partial charge in [-0.1, -0.05) is 126 Å². The molecule has 0 aliphatic heterocycles. The monoisotopic (exact) mass is 752 g/mol. The van der Waals surface area contributed by atoms with Gasteiger partial charge in [0.25, 0.3) is 5.70 Å². The molecule has 0 unspecified atom stereocenters. The van der Waals surface area contributed by atoms with Crippen LogP contribution in [0.5, 0.6) is 0 Å². The van der Waals surface area contributed by atoms with E-state index in [1.54, 1.807) is 0 Å². The van der Waals surface area contributed by atoms with Gasteiger partial charge in [0.05, 0.1) is 29.5 Å². The number of nitrogen functional groups attached to an aromatic ring is 1. The van der Waals surface area contributed by atoms with Gasteiger partial charge in [0.2, 0.25) is 5.71 Å². The second kappa shape index (κ2) is 17.4. The Bertz CT molecular complexity index is 2490. The van der Waals surface area contributed by atoms with Gasteiger partial charge in [-0.3, -0.25) is 0 Å². The molecular formula is C51H54N5O+. The van der Waals surface area contributed by atoms with Crippen molar-refractivity contribution >= 4 is 49.8 Å². The molecule has 2 aliphatic carbocycles. The van der Waals surface area contributed by atoms with Crippen LogP contribution in [0, 0.1) is 17.9 Å². The van der Waals surface area contributed by atoms with Crippen LogP contribution in [0.4, 0.5) is 11.4 Å². The zero-order valence-electron chi connectivity index (χ0n) is 34.0. The highest BCUT2D eigenvalue weighted by Crippen LogP contribution is 2.56. The SMILES string of the molecule is [C-]#[N+]/C(C#N)=C1\C(=C2c3ccccc3C(=[N+](CCCC)CCCC)c3ccccc32)C(O)=C1c1c2ccccc2c(N(CCCC)CCCC)c2cccc(N)c12. The molecule has 0 spiro atoms. The molecular weight excluding hydrogens is 699 g/mol. The zero-order valence-corrected chi connectivity index (χ0v) is 34.0. The normalized spacial score (nSPS) is 14.2. The summed E-state index contributed by atoms with van der Waals surface area (Å²) in [7, 11) is 0. The second-order valence-electron chi connectivity index (χ2n) is 15.3. The molecule has 0 radical (unpaired) electrons. The summed E-state index contributed by atoms with van der Waals surface area (Å²) in [6.07, 6.45) is 8.66. The van der Waals surface area contributed by atoms with E-state index in [0.717, 1.165) is 138 Å². The number of rotatable bonds is 14. The van der Waals surface area contributed by atoms with Crippen molar-refractivity contribution in [2.75, 3.05) is 36.8 Å². The maximum Gasteiger partial charge on any atom is 0.270 e. The van der Waals surface area contributed by atoms with Crippen LogP contribution in [0.1, 0.15) is 107 Å². The summed E-state index contributed by atoms with van der Waals surface area (Å²) in [6.45, 7) is 21.0. The van der Waals surface area contributed by atoms with E-state index in [4.69, 9.17) is 12.3 Å². The molecule has 0 atom stereocenters. The maximum atomic E-state index is 12.8. The minimum Gasteiger partial charge on any atom is -0.507 e. The third-order valence-corrected chi connectivity index (χ3v) is 11.6. The summed E-state index contributed by atoms with van der Waals surface area (Å²) in [5, 5.41) is 27.3. The molecule has 2 aliphatic rings. The van der Waals surface area contributed by atoms with Crippen LogP contribution in [-0.2, 0) is 0 Å². The van der Waals surface area contributed by atoms with Gasteiger partial charge in [0.1, 0.15) is 18.8 Å². The van der Waals surface area contributed by atoms with Crippen LogP contribution in [0.15, 0.2) is 114 Å². The van der Waals surface area contributed by atoms with E-state index < -0.39 is 0 Å². The predicted molar refractivity (Wildman–Crippen MR) is 239 cm³/mol. The van der Waals surface area contributed by atoms with E-state index in [9.17, 15) is 10.4 Å².